The van der Waals surface area contributed by atoms with Crippen molar-refractivity contribution in [1.82, 2.24) is 24.7 Å². The minimum Gasteiger partial charge on any atom is -0.491 e. The number of rotatable bonds is 5. The molecule has 1 aliphatic carbocycles. The molecule has 6 rings (SSSR count). The molecule has 4 aromatic rings. The van der Waals surface area contributed by atoms with E-state index in [0.717, 1.165) is 28.2 Å². The normalized spacial score (nSPS) is 20.6. The van der Waals surface area contributed by atoms with Crippen LogP contribution in [0.3, 0.4) is 0 Å². The predicted molar refractivity (Wildman–Crippen MR) is 112 cm³/mol. The van der Waals surface area contributed by atoms with Crippen molar-refractivity contribution >= 4 is 16.9 Å². The first-order chi connectivity index (χ1) is 14.8. The lowest BCUT2D eigenvalue weighted by atomic mass is 9.96. The highest BCUT2D eigenvalue weighted by atomic mass is 16.5. The van der Waals surface area contributed by atoms with Gasteiger partial charge in [0, 0.05) is 23.5 Å². The zero-order chi connectivity index (χ0) is 20.1. The predicted octanol–water partition coefficient (Wildman–Crippen LogP) is 3.83. The summed E-state index contributed by atoms with van der Waals surface area (Å²) in [6, 6.07) is 12.0. The zero-order valence-corrected chi connectivity index (χ0v) is 16.6. The van der Waals surface area contributed by atoms with Crippen molar-refractivity contribution < 1.29 is 9.47 Å². The van der Waals surface area contributed by atoms with Crippen LogP contribution in [0.5, 0.6) is 11.6 Å². The maximum Gasteiger partial charge on any atom is 0.232 e. The fraction of sp³-hybridized carbons (Fsp3) is 0.318. The number of methoxy groups -OCH3 is 1. The molecule has 0 saturated heterocycles. The molecule has 0 bridgehead atoms. The van der Waals surface area contributed by atoms with Gasteiger partial charge in [0.25, 0.3) is 0 Å². The van der Waals surface area contributed by atoms with E-state index in [-0.39, 0.29) is 12.1 Å². The van der Waals surface area contributed by atoms with Crippen LogP contribution < -0.4 is 14.8 Å². The Kier molecular flexibility index (Phi) is 3.90. The van der Waals surface area contributed by atoms with Crippen LogP contribution in [-0.4, -0.2) is 38.4 Å². The van der Waals surface area contributed by atoms with Gasteiger partial charge in [-0.25, -0.2) is 9.97 Å². The second-order valence-corrected chi connectivity index (χ2v) is 7.86. The van der Waals surface area contributed by atoms with Gasteiger partial charge in [0.2, 0.25) is 5.88 Å². The summed E-state index contributed by atoms with van der Waals surface area (Å²) >= 11 is 0. The Balaban J connectivity index is 1.42. The number of H-pyrrole nitrogens is 1. The molecule has 30 heavy (non-hydrogen) atoms. The molecule has 1 saturated carbocycles. The maximum atomic E-state index is 6.05. The van der Waals surface area contributed by atoms with Crippen molar-refractivity contribution in [2.24, 2.45) is 0 Å². The van der Waals surface area contributed by atoms with Crippen LogP contribution in [0.1, 0.15) is 42.1 Å². The van der Waals surface area contributed by atoms with Gasteiger partial charge in [-0.3, -0.25) is 4.68 Å². The van der Waals surface area contributed by atoms with E-state index in [1.165, 1.54) is 18.5 Å². The number of nitrogens with one attached hydrogen (secondary N) is 2. The number of aromatic amines is 1. The topological polar surface area (TPSA) is 89.9 Å². The highest BCUT2D eigenvalue weighted by Gasteiger charge is 2.34. The average Bonchev–Trinajstić information content (AvgIpc) is 3.35. The van der Waals surface area contributed by atoms with Crippen LogP contribution in [0.15, 0.2) is 48.9 Å². The number of fused-ring (bicyclic) bond motifs is 2. The van der Waals surface area contributed by atoms with E-state index in [1.807, 2.05) is 35.1 Å². The van der Waals surface area contributed by atoms with Crippen LogP contribution in [-0.2, 0) is 0 Å². The lowest BCUT2D eigenvalue weighted by molar-refractivity contribution is 0.192. The first kappa shape index (κ1) is 17.3. The number of anilines is 1. The van der Waals surface area contributed by atoms with Crippen LogP contribution in [0, 0.1) is 0 Å². The molecular formula is C22H22N6O2. The molecule has 2 unspecified atom stereocenters. The molecule has 0 radical (unpaired) electrons. The van der Waals surface area contributed by atoms with Gasteiger partial charge in [-0.15, -0.1) is 5.10 Å². The van der Waals surface area contributed by atoms with E-state index in [9.17, 15) is 0 Å². The molecule has 1 fully saturated rings. The smallest absolute Gasteiger partial charge is 0.232 e. The van der Waals surface area contributed by atoms with Crippen molar-refractivity contribution in [3.8, 4) is 11.6 Å². The Morgan fingerprint density at radius 3 is 2.93 bits per heavy atom. The molecule has 4 heterocycles. The average molecular weight is 402 g/mol. The van der Waals surface area contributed by atoms with Gasteiger partial charge in [-0.05, 0) is 30.9 Å². The summed E-state index contributed by atoms with van der Waals surface area (Å²) in [4.78, 5) is 12.5. The second-order valence-electron chi connectivity index (χ2n) is 7.86. The van der Waals surface area contributed by atoms with Crippen LogP contribution >= 0.6 is 0 Å². The Hall–Kier alpha value is -3.55. The molecule has 8 nitrogen and oxygen atoms in total. The highest BCUT2D eigenvalue weighted by molar-refractivity contribution is 5.88. The Labute approximate surface area is 173 Å². The Morgan fingerprint density at radius 1 is 1.20 bits per heavy atom. The Morgan fingerprint density at radius 2 is 2.10 bits per heavy atom. The lowest BCUT2D eigenvalue weighted by Crippen LogP contribution is -2.33. The first-order valence-electron chi connectivity index (χ1n) is 10.2. The van der Waals surface area contributed by atoms with E-state index < -0.39 is 0 Å². The molecule has 1 aliphatic heterocycles. The summed E-state index contributed by atoms with van der Waals surface area (Å²) in [5.41, 5.74) is 3.19. The third kappa shape index (κ3) is 2.87. The molecule has 3 aromatic heterocycles. The number of nitrogens with zero attached hydrogens (tertiary/aromatic N) is 4. The van der Waals surface area contributed by atoms with Gasteiger partial charge in [0.05, 0.1) is 18.5 Å². The minimum atomic E-state index is -0.0723. The quantitative estimate of drug-likeness (QED) is 0.527. The van der Waals surface area contributed by atoms with Gasteiger partial charge >= 0.3 is 0 Å². The molecule has 0 spiro atoms. The number of aromatic nitrogens is 5. The fourth-order valence-electron chi connectivity index (χ4n) is 4.20. The molecule has 152 valence electrons. The van der Waals surface area contributed by atoms with E-state index in [4.69, 9.17) is 9.47 Å². The number of para-hydroxylation sites is 1. The number of hydrogen-bond donors (Lipinski definition) is 2. The van der Waals surface area contributed by atoms with Gasteiger partial charge in [0.15, 0.2) is 0 Å². The summed E-state index contributed by atoms with van der Waals surface area (Å²) in [5.74, 6) is 2.90. The molecule has 1 aromatic carbocycles. The molecule has 2 atom stereocenters. The van der Waals surface area contributed by atoms with E-state index in [2.05, 4.69) is 37.5 Å². The van der Waals surface area contributed by atoms with Crippen LogP contribution in [0.2, 0.25) is 0 Å². The van der Waals surface area contributed by atoms with Crippen molar-refractivity contribution in [3.63, 3.8) is 0 Å². The SMILES string of the molecule is COc1ccn(C2COc3ccccc3C2Nc2ncnc3[nH]c(C4CC4)cc23)n1. The van der Waals surface area contributed by atoms with Crippen molar-refractivity contribution in [2.75, 3.05) is 19.0 Å². The first-order valence-corrected chi connectivity index (χ1v) is 10.2. The van der Waals surface area contributed by atoms with E-state index in [1.54, 1.807) is 13.4 Å². The molecule has 0 amide bonds. The van der Waals surface area contributed by atoms with Crippen molar-refractivity contribution in [2.45, 2.75) is 30.8 Å². The molecule has 8 heteroatoms. The monoisotopic (exact) mass is 402 g/mol. The number of benzene rings is 1. The standard InChI is InChI=1S/C22H22N6O2/c1-29-19-8-9-28(27-19)17-11-30-18-5-3-2-4-14(18)20(17)26-22-15-10-16(13-6-7-13)25-21(15)23-12-24-22/h2-5,8-10,12-13,17,20H,6-7,11H2,1H3,(H2,23,24,25,26). The zero-order valence-electron chi connectivity index (χ0n) is 16.6. The van der Waals surface area contributed by atoms with Crippen LogP contribution in [0.4, 0.5) is 5.82 Å². The molecule has 2 N–H and O–H groups in total. The highest BCUT2D eigenvalue weighted by Crippen LogP contribution is 2.43. The van der Waals surface area contributed by atoms with E-state index in [0.29, 0.717) is 18.4 Å². The largest absolute Gasteiger partial charge is 0.491 e. The fourth-order valence-corrected chi connectivity index (χ4v) is 4.20. The third-order valence-electron chi connectivity index (χ3n) is 5.94. The maximum absolute atomic E-state index is 6.05. The minimum absolute atomic E-state index is 0.0596. The van der Waals surface area contributed by atoms with Gasteiger partial charge in [0.1, 0.15) is 36.2 Å². The van der Waals surface area contributed by atoms with Crippen LogP contribution in [0.25, 0.3) is 11.0 Å². The Bertz CT molecular complexity index is 1210. The van der Waals surface area contributed by atoms with Gasteiger partial charge in [-0.1, -0.05) is 18.2 Å². The summed E-state index contributed by atoms with van der Waals surface area (Å²) < 4.78 is 13.2. The summed E-state index contributed by atoms with van der Waals surface area (Å²) in [6.45, 7) is 0.494. The lowest BCUT2D eigenvalue weighted by Gasteiger charge is -2.34. The number of ether oxygens (including phenoxy) is 2. The number of hydrogen-bond acceptors (Lipinski definition) is 6. The second kappa shape index (κ2) is 6.76. The third-order valence-corrected chi connectivity index (χ3v) is 5.94. The van der Waals surface area contributed by atoms with E-state index >= 15 is 0 Å². The van der Waals surface area contributed by atoms with Gasteiger partial charge < -0.3 is 19.8 Å². The summed E-state index contributed by atoms with van der Waals surface area (Å²) in [7, 11) is 1.62. The van der Waals surface area contributed by atoms with Crippen molar-refractivity contribution in [3.05, 3.63) is 60.2 Å². The molecule has 2 aliphatic rings. The van der Waals surface area contributed by atoms with Gasteiger partial charge in [-0.2, -0.15) is 0 Å². The van der Waals surface area contributed by atoms with Crippen molar-refractivity contribution in [1.29, 1.82) is 0 Å². The summed E-state index contributed by atoms with van der Waals surface area (Å²) in [6.07, 6.45) is 6.00. The summed E-state index contributed by atoms with van der Waals surface area (Å²) in [5, 5.41) is 9.24. The molecular weight excluding hydrogens is 380 g/mol.